The molecule has 28 heavy (non-hydrogen) atoms. The minimum atomic E-state index is -3.80. The summed E-state index contributed by atoms with van der Waals surface area (Å²) in [6.07, 6.45) is 9.28. The summed E-state index contributed by atoms with van der Waals surface area (Å²) in [4.78, 5) is 4.98. The van der Waals surface area contributed by atoms with Crippen molar-refractivity contribution in [1.29, 1.82) is 0 Å². The second kappa shape index (κ2) is 13.9. The third kappa shape index (κ3) is 15.6. The molecule has 0 saturated carbocycles. The molecule has 2 N–H and O–H groups in total. The molecule has 0 radical (unpaired) electrons. The maximum Gasteiger partial charge on any atom is 0.264 e. The normalized spacial score (nSPS) is 17.2. The first-order chi connectivity index (χ1) is 13.2. The van der Waals surface area contributed by atoms with E-state index in [4.69, 9.17) is 9.11 Å². The van der Waals surface area contributed by atoms with Gasteiger partial charge in [-0.05, 0) is 38.8 Å². The van der Waals surface area contributed by atoms with Gasteiger partial charge in [0.15, 0.2) is 0 Å². The van der Waals surface area contributed by atoms with Crippen molar-refractivity contribution in [2.45, 2.75) is 64.2 Å². The summed E-state index contributed by atoms with van der Waals surface area (Å²) >= 11 is 0. The van der Waals surface area contributed by atoms with Crippen LogP contribution in [0.4, 0.5) is 0 Å². The predicted octanol–water partition coefficient (Wildman–Crippen LogP) is 2.28. The molecule has 0 spiro atoms. The number of nitrogens with zero attached hydrogens (tertiary/aromatic N) is 2. The first kappa shape index (κ1) is 25.8. The highest BCUT2D eigenvalue weighted by Crippen LogP contribution is 2.10. The number of rotatable bonds is 16. The van der Waals surface area contributed by atoms with E-state index in [-0.39, 0.29) is 11.5 Å². The maximum atomic E-state index is 10.6. The molecule has 0 unspecified atom stereocenters. The smallest absolute Gasteiger partial charge is 0.264 e. The van der Waals surface area contributed by atoms with Crippen LogP contribution in [-0.2, 0) is 20.2 Å². The Morgan fingerprint density at radius 1 is 0.500 bits per heavy atom. The van der Waals surface area contributed by atoms with E-state index in [1.165, 1.54) is 0 Å². The zero-order chi connectivity index (χ0) is 20.9. The minimum Gasteiger partial charge on any atom is -0.301 e. The molecule has 0 aromatic rings. The molecule has 1 fully saturated rings. The highest BCUT2D eigenvalue weighted by molar-refractivity contribution is 7.86. The lowest BCUT2D eigenvalue weighted by Crippen LogP contribution is -2.46. The molecule has 0 aromatic heterocycles. The molecule has 1 heterocycles. The van der Waals surface area contributed by atoms with Crippen LogP contribution in [-0.4, -0.2) is 86.5 Å². The molecule has 1 saturated heterocycles. The summed E-state index contributed by atoms with van der Waals surface area (Å²) < 4.78 is 59.9. The number of hydrogen-bond acceptors (Lipinski definition) is 6. The second-order valence-corrected chi connectivity index (χ2v) is 10.9. The molecule has 0 bridgehead atoms. The lowest BCUT2D eigenvalue weighted by atomic mass is 10.1. The molecule has 1 aliphatic rings. The molecule has 1 rings (SSSR count). The fraction of sp³-hybridized carbons (Fsp3) is 1.00. The summed E-state index contributed by atoms with van der Waals surface area (Å²) in [5.74, 6) is -0.251. The van der Waals surface area contributed by atoms with E-state index in [9.17, 15) is 16.8 Å². The van der Waals surface area contributed by atoms with Gasteiger partial charge in [-0.25, -0.2) is 0 Å². The van der Waals surface area contributed by atoms with Crippen LogP contribution in [0.25, 0.3) is 0 Å². The van der Waals surface area contributed by atoms with Crippen molar-refractivity contribution >= 4 is 20.2 Å². The van der Waals surface area contributed by atoms with Gasteiger partial charge < -0.3 is 9.80 Å². The van der Waals surface area contributed by atoms with Gasteiger partial charge in [-0.1, -0.05) is 38.5 Å². The number of piperazine rings is 1. The topological polar surface area (TPSA) is 115 Å². The Labute approximate surface area is 171 Å². The average Bonchev–Trinajstić information content (AvgIpc) is 2.59. The Morgan fingerprint density at radius 2 is 0.786 bits per heavy atom. The molecule has 0 aliphatic carbocycles. The van der Waals surface area contributed by atoms with E-state index >= 15 is 0 Å². The van der Waals surface area contributed by atoms with Crippen molar-refractivity contribution in [1.82, 2.24) is 9.80 Å². The van der Waals surface area contributed by atoms with Gasteiger partial charge in [0, 0.05) is 26.2 Å². The summed E-state index contributed by atoms with van der Waals surface area (Å²) in [5, 5.41) is 0. The van der Waals surface area contributed by atoms with Crippen LogP contribution in [0.2, 0.25) is 0 Å². The highest BCUT2D eigenvalue weighted by atomic mass is 32.2. The highest BCUT2D eigenvalue weighted by Gasteiger charge is 2.15. The van der Waals surface area contributed by atoms with Gasteiger partial charge in [0.2, 0.25) is 0 Å². The largest absolute Gasteiger partial charge is 0.301 e. The van der Waals surface area contributed by atoms with Gasteiger partial charge in [0.25, 0.3) is 20.2 Å². The molecule has 10 heteroatoms. The van der Waals surface area contributed by atoms with Crippen molar-refractivity contribution < 1.29 is 25.9 Å². The van der Waals surface area contributed by atoms with Crippen molar-refractivity contribution in [2.24, 2.45) is 0 Å². The summed E-state index contributed by atoms with van der Waals surface area (Å²) in [6.45, 7) is 6.57. The number of hydrogen-bond donors (Lipinski definition) is 2. The van der Waals surface area contributed by atoms with Gasteiger partial charge in [-0.3, -0.25) is 9.11 Å². The van der Waals surface area contributed by atoms with Gasteiger partial charge >= 0.3 is 0 Å². The van der Waals surface area contributed by atoms with Crippen LogP contribution in [0, 0.1) is 0 Å². The molecule has 0 atom stereocenters. The Morgan fingerprint density at radius 3 is 1.11 bits per heavy atom. The van der Waals surface area contributed by atoms with E-state index in [1.54, 1.807) is 0 Å². The van der Waals surface area contributed by atoms with Crippen LogP contribution < -0.4 is 0 Å². The van der Waals surface area contributed by atoms with Gasteiger partial charge in [0.1, 0.15) is 0 Å². The monoisotopic (exact) mass is 442 g/mol. The van der Waals surface area contributed by atoms with Crippen LogP contribution in [0.3, 0.4) is 0 Å². The van der Waals surface area contributed by atoms with E-state index in [0.29, 0.717) is 12.8 Å². The Kier molecular flexibility index (Phi) is 12.8. The SMILES string of the molecule is O=S(=O)(O)CCCCCCCN1CCN(CCCCCCCS(=O)(=O)O)CC1. The molecule has 168 valence electrons. The molecular weight excluding hydrogens is 404 g/mol. The van der Waals surface area contributed by atoms with E-state index in [0.717, 1.165) is 90.6 Å². The van der Waals surface area contributed by atoms with Crippen LogP contribution in [0.5, 0.6) is 0 Å². The quantitative estimate of drug-likeness (QED) is 0.276. The molecular formula is C18H38N2O6S2. The second-order valence-electron chi connectivity index (χ2n) is 7.79. The number of unbranched alkanes of at least 4 members (excludes halogenated alkanes) is 8. The molecule has 8 nitrogen and oxygen atoms in total. The lowest BCUT2D eigenvalue weighted by Gasteiger charge is -2.34. The first-order valence-electron chi connectivity index (χ1n) is 10.5. The van der Waals surface area contributed by atoms with E-state index < -0.39 is 20.2 Å². The van der Waals surface area contributed by atoms with Gasteiger partial charge in [-0.2, -0.15) is 16.8 Å². The summed E-state index contributed by atoms with van der Waals surface area (Å²) in [7, 11) is -7.60. The van der Waals surface area contributed by atoms with Gasteiger partial charge in [0.05, 0.1) is 11.5 Å². The lowest BCUT2D eigenvalue weighted by molar-refractivity contribution is 0.129. The Bertz CT molecular complexity index is 548. The predicted molar refractivity (Wildman–Crippen MR) is 112 cm³/mol. The average molecular weight is 443 g/mol. The van der Waals surface area contributed by atoms with Crippen LogP contribution >= 0.6 is 0 Å². The summed E-state index contributed by atoms with van der Waals surface area (Å²) in [5.41, 5.74) is 0. The van der Waals surface area contributed by atoms with Crippen molar-refractivity contribution in [3.05, 3.63) is 0 Å². The van der Waals surface area contributed by atoms with Gasteiger partial charge in [-0.15, -0.1) is 0 Å². The van der Waals surface area contributed by atoms with Crippen LogP contribution in [0.1, 0.15) is 64.2 Å². The first-order valence-corrected chi connectivity index (χ1v) is 13.7. The summed E-state index contributed by atoms with van der Waals surface area (Å²) in [6, 6.07) is 0. The Balaban J connectivity index is 1.91. The molecule has 1 aliphatic heterocycles. The third-order valence-corrected chi connectivity index (χ3v) is 6.83. The zero-order valence-electron chi connectivity index (χ0n) is 17.0. The maximum absolute atomic E-state index is 10.6. The van der Waals surface area contributed by atoms with E-state index in [2.05, 4.69) is 9.80 Å². The van der Waals surface area contributed by atoms with Crippen molar-refractivity contribution in [3.8, 4) is 0 Å². The fourth-order valence-corrected chi connectivity index (χ4v) is 4.67. The Hall–Kier alpha value is -0.260. The fourth-order valence-electron chi connectivity index (χ4n) is 3.54. The zero-order valence-corrected chi connectivity index (χ0v) is 18.6. The molecule has 0 amide bonds. The molecule has 0 aromatic carbocycles. The van der Waals surface area contributed by atoms with E-state index in [1.807, 2.05) is 0 Å². The standard InChI is InChI=1S/C18H38N2O6S2/c21-27(22,23)17-9-5-1-3-7-11-19-13-15-20(16-14-19)12-8-4-2-6-10-18-28(24,25)26/h1-18H2,(H,21,22,23)(H,24,25,26). The van der Waals surface area contributed by atoms with Crippen molar-refractivity contribution in [2.75, 3.05) is 50.8 Å². The van der Waals surface area contributed by atoms with Crippen molar-refractivity contribution in [3.63, 3.8) is 0 Å². The third-order valence-electron chi connectivity index (χ3n) is 5.22. The minimum absolute atomic E-state index is 0.125. The van der Waals surface area contributed by atoms with Crippen LogP contribution in [0.15, 0.2) is 0 Å².